The van der Waals surface area contributed by atoms with Crippen LogP contribution in [0.3, 0.4) is 0 Å². The number of allylic oxidation sites excluding steroid dienone is 1. The van der Waals surface area contributed by atoms with Crippen LogP contribution >= 0.6 is 21.2 Å². The van der Waals surface area contributed by atoms with E-state index in [4.69, 9.17) is 0 Å². The van der Waals surface area contributed by atoms with E-state index >= 15 is 0 Å². The third-order valence-corrected chi connectivity index (χ3v) is 2.89. The molecule has 0 amide bonds. The molecule has 0 saturated carbocycles. The maximum absolute atomic E-state index is 10.7. The fourth-order valence-electron chi connectivity index (χ4n) is 1.09. The Balaban J connectivity index is 2.49. The number of rotatable bonds is 2. The Morgan fingerprint density at radius 2 is 2.27 bits per heavy atom. The van der Waals surface area contributed by atoms with Gasteiger partial charge in [-0.2, -0.15) is 0 Å². The van der Waals surface area contributed by atoms with Gasteiger partial charge in [-0.25, -0.2) is 13.1 Å². The molecular formula is C6H10INO2S. The standard InChI is InChI=1S/C6H10INO2S/c7-11(9,10)8-6-4-2-1-3-5-6/h2,4,6,8H,1,3,5H2. The smallest absolute Gasteiger partial charge is 0.202 e. The van der Waals surface area contributed by atoms with Crippen molar-refractivity contribution in [3.63, 3.8) is 0 Å². The molecule has 1 aliphatic rings. The molecule has 0 spiro atoms. The van der Waals surface area contributed by atoms with E-state index in [2.05, 4.69) is 4.72 Å². The molecule has 1 aliphatic carbocycles. The lowest BCUT2D eigenvalue weighted by atomic mass is 10.0. The molecule has 11 heavy (non-hydrogen) atoms. The van der Waals surface area contributed by atoms with Gasteiger partial charge in [-0.1, -0.05) is 12.2 Å². The quantitative estimate of drug-likeness (QED) is 0.473. The molecule has 0 radical (unpaired) electrons. The molecule has 0 heterocycles. The van der Waals surface area contributed by atoms with Crippen LogP contribution in [0.1, 0.15) is 19.3 Å². The van der Waals surface area contributed by atoms with Gasteiger partial charge in [0.15, 0.2) is 0 Å². The molecule has 1 atom stereocenters. The van der Waals surface area contributed by atoms with E-state index in [0.29, 0.717) is 0 Å². The van der Waals surface area contributed by atoms with Crippen molar-refractivity contribution in [3.8, 4) is 0 Å². The van der Waals surface area contributed by atoms with Crippen molar-refractivity contribution in [3.05, 3.63) is 12.2 Å². The normalized spacial score (nSPS) is 25.4. The van der Waals surface area contributed by atoms with Crippen molar-refractivity contribution in [1.82, 2.24) is 4.72 Å². The molecule has 0 saturated heterocycles. The third kappa shape index (κ3) is 4.07. The minimum absolute atomic E-state index is 0.0191. The molecule has 3 nitrogen and oxygen atoms in total. The van der Waals surface area contributed by atoms with Crippen LogP contribution in [0.5, 0.6) is 0 Å². The SMILES string of the molecule is O=S(=O)(I)NC1C=CCCC1. The van der Waals surface area contributed by atoms with Crippen molar-refractivity contribution in [2.75, 3.05) is 0 Å². The average Bonchev–Trinajstić information content (AvgIpc) is 1.85. The summed E-state index contributed by atoms with van der Waals surface area (Å²) in [5.41, 5.74) is 0. The van der Waals surface area contributed by atoms with Crippen molar-refractivity contribution in [1.29, 1.82) is 0 Å². The van der Waals surface area contributed by atoms with Crippen LogP contribution in [0.25, 0.3) is 0 Å². The van der Waals surface area contributed by atoms with Gasteiger partial charge in [-0.3, -0.25) is 0 Å². The zero-order valence-corrected chi connectivity index (χ0v) is 8.93. The highest BCUT2D eigenvalue weighted by Crippen LogP contribution is 2.12. The highest BCUT2D eigenvalue weighted by Gasteiger charge is 2.13. The second kappa shape index (κ2) is 3.86. The van der Waals surface area contributed by atoms with E-state index in [1.54, 1.807) is 0 Å². The minimum Gasteiger partial charge on any atom is -0.202 e. The van der Waals surface area contributed by atoms with E-state index in [1.165, 1.54) is 21.2 Å². The van der Waals surface area contributed by atoms with Gasteiger partial charge in [-0.05, 0) is 19.3 Å². The average molecular weight is 287 g/mol. The largest absolute Gasteiger partial charge is 0.265 e. The van der Waals surface area contributed by atoms with Crippen LogP contribution in [0.15, 0.2) is 12.2 Å². The summed E-state index contributed by atoms with van der Waals surface area (Å²) >= 11 is 1.41. The molecule has 0 aromatic heterocycles. The van der Waals surface area contributed by atoms with Gasteiger partial charge in [0, 0.05) is 6.04 Å². The Bertz CT molecular complexity index is 247. The molecule has 0 aliphatic heterocycles. The summed E-state index contributed by atoms with van der Waals surface area (Å²) in [6, 6.07) is 0.0191. The summed E-state index contributed by atoms with van der Waals surface area (Å²) in [4.78, 5) is 0. The first-order valence-corrected chi connectivity index (χ1v) is 7.49. The van der Waals surface area contributed by atoms with Crippen molar-refractivity contribution in [2.45, 2.75) is 25.3 Å². The summed E-state index contributed by atoms with van der Waals surface area (Å²) in [6.07, 6.45) is 6.99. The Morgan fingerprint density at radius 3 is 2.73 bits per heavy atom. The van der Waals surface area contributed by atoms with Crippen LogP contribution in [0.4, 0.5) is 0 Å². The van der Waals surface area contributed by atoms with Gasteiger partial charge in [-0.15, -0.1) is 0 Å². The summed E-state index contributed by atoms with van der Waals surface area (Å²) in [6.45, 7) is 0. The van der Waals surface area contributed by atoms with Gasteiger partial charge in [0.25, 0.3) is 7.19 Å². The number of nitrogens with one attached hydrogen (secondary N) is 1. The predicted molar refractivity (Wildman–Crippen MR) is 52.9 cm³/mol. The molecule has 0 aromatic rings. The molecule has 1 N–H and O–H groups in total. The van der Waals surface area contributed by atoms with E-state index in [-0.39, 0.29) is 6.04 Å². The van der Waals surface area contributed by atoms with E-state index < -0.39 is 7.19 Å². The molecule has 64 valence electrons. The number of hydrogen-bond donors (Lipinski definition) is 1. The molecule has 0 aromatic carbocycles. The van der Waals surface area contributed by atoms with Crippen LogP contribution in [-0.4, -0.2) is 14.5 Å². The van der Waals surface area contributed by atoms with Crippen LogP contribution < -0.4 is 4.72 Å². The summed E-state index contributed by atoms with van der Waals surface area (Å²) in [5, 5.41) is 0. The maximum atomic E-state index is 10.7. The number of hydrogen-bond acceptors (Lipinski definition) is 2. The topological polar surface area (TPSA) is 46.2 Å². The van der Waals surface area contributed by atoms with Gasteiger partial charge in [0.2, 0.25) is 0 Å². The Morgan fingerprint density at radius 1 is 1.55 bits per heavy atom. The van der Waals surface area contributed by atoms with Crippen molar-refractivity contribution >= 4 is 28.4 Å². The molecule has 0 bridgehead atoms. The van der Waals surface area contributed by atoms with Crippen LogP contribution in [0, 0.1) is 0 Å². The van der Waals surface area contributed by atoms with Gasteiger partial charge < -0.3 is 0 Å². The predicted octanol–water partition coefficient (Wildman–Crippen LogP) is 1.36. The zero-order valence-electron chi connectivity index (χ0n) is 5.96. The van der Waals surface area contributed by atoms with E-state index in [1.807, 2.05) is 12.2 Å². The third-order valence-electron chi connectivity index (χ3n) is 1.55. The van der Waals surface area contributed by atoms with E-state index in [9.17, 15) is 8.42 Å². The van der Waals surface area contributed by atoms with Gasteiger partial charge >= 0.3 is 0 Å². The fraction of sp³-hybridized carbons (Fsp3) is 0.667. The van der Waals surface area contributed by atoms with Gasteiger partial charge in [0.05, 0.1) is 21.2 Å². The maximum Gasteiger partial charge on any atom is 0.265 e. The summed E-state index contributed by atoms with van der Waals surface area (Å²) in [7, 11) is -3.06. The first kappa shape index (κ1) is 9.47. The Kier molecular flexibility index (Phi) is 3.32. The molecule has 0 fully saturated rings. The lowest BCUT2D eigenvalue weighted by molar-refractivity contribution is 0.563. The zero-order chi connectivity index (χ0) is 8.32. The Hall–Kier alpha value is 0.380. The fourth-order valence-corrected chi connectivity index (χ4v) is 2.63. The van der Waals surface area contributed by atoms with Crippen LogP contribution in [-0.2, 0) is 7.19 Å². The van der Waals surface area contributed by atoms with Crippen LogP contribution in [0.2, 0.25) is 0 Å². The van der Waals surface area contributed by atoms with Crippen molar-refractivity contribution in [2.24, 2.45) is 0 Å². The Labute approximate surface area is 78.9 Å². The highest BCUT2D eigenvalue weighted by atomic mass is 127. The highest BCUT2D eigenvalue weighted by molar-refractivity contribution is 14.2. The minimum atomic E-state index is -3.06. The number of halogens is 1. The molecule has 1 rings (SSSR count). The molecular weight excluding hydrogens is 277 g/mol. The molecule has 1 unspecified atom stereocenters. The summed E-state index contributed by atoms with van der Waals surface area (Å²) in [5.74, 6) is 0. The monoisotopic (exact) mass is 287 g/mol. The molecule has 5 heteroatoms. The second-order valence-electron chi connectivity index (χ2n) is 2.52. The first-order chi connectivity index (χ1) is 5.08. The van der Waals surface area contributed by atoms with Crippen molar-refractivity contribution < 1.29 is 8.42 Å². The summed E-state index contributed by atoms with van der Waals surface area (Å²) < 4.78 is 24.0. The lowest BCUT2D eigenvalue weighted by Crippen LogP contribution is -2.30. The van der Waals surface area contributed by atoms with Gasteiger partial charge in [0.1, 0.15) is 0 Å². The lowest BCUT2D eigenvalue weighted by Gasteiger charge is -2.15. The second-order valence-corrected chi connectivity index (χ2v) is 7.11. The first-order valence-electron chi connectivity index (χ1n) is 3.46. The van der Waals surface area contributed by atoms with E-state index in [0.717, 1.165) is 19.3 Å².